The number of carbonyl (C=O) groups excluding carboxylic acids is 1. The number of rotatable bonds is 2. The Morgan fingerprint density at radius 1 is 1.14 bits per heavy atom. The summed E-state index contributed by atoms with van der Waals surface area (Å²) in [6.45, 7) is 0. The molecule has 1 saturated carbocycles. The highest BCUT2D eigenvalue weighted by molar-refractivity contribution is 6.09. The van der Waals surface area contributed by atoms with E-state index in [4.69, 9.17) is 5.26 Å². The van der Waals surface area contributed by atoms with Crippen LogP contribution in [0.25, 0.3) is 10.9 Å². The van der Waals surface area contributed by atoms with Gasteiger partial charge in [-0.1, -0.05) is 32.1 Å². The van der Waals surface area contributed by atoms with E-state index in [0.29, 0.717) is 5.56 Å². The first-order chi connectivity index (χ1) is 10.3. The minimum Gasteiger partial charge on any atom is -0.360 e. The van der Waals surface area contributed by atoms with Gasteiger partial charge >= 0.3 is 0 Å². The van der Waals surface area contributed by atoms with Crippen LogP contribution < -0.4 is 0 Å². The minimum atomic E-state index is 0.148. The number of benzene rings is 1. The lowest BCUT2D eigenvalue weighted by Crippen LogP contribution is -2.16. The van der Waals surface area contributed by atoms with Crippen molar-refractivity contribution in [1.82, 2.24) is 4.98 Å². The van der Waals surface area contributed by atoms with Crippen molar-refractivity contribution in [3.05, 3.63) is 35.5 Å². The molecule has 1 aliphatic carbocycles. The highest BCUT2D eigenvalue weighted by atomic mass is 16.1. The number of nitriles is 1. The van der Waals surface area contributed by atoms with Crippen LogP contribution in [0.5, 0.6) is 0 Å². The lowest BCUT2D eigenvalue weighted by molar-refractivity contribution is 0.0900. The van der Waals surface area contributed by atoms with E-state index in [0.717, 1.165) is 42.1 Å². The van der Waals surface area contributed by atoms with Gasteiger partial charge in [0.15, 0.2) is 5.78 Å². The van der Waals surface area contributed by atoms with Gasteiger partial charge in [0, 0.05) is 28.6 Å². The second-order valence-corrected chi connectivity index (χ2v) is 5.98. The number of hydrogen-bond acceptors (Lipinski definition) is 2. The highest BCUT2D eigenvalue weighted by Gasteiger charge is 2.23. The van der Waals surface area contributed by atoms with Gasteiger partial charge in [-0.15, -0.1) is 0 Å². The molecule has 0 spiro atoms. The van der Waals surface area contributed by atoms with E-state index in [1.165, 1.54) is 19.3 Å². The molecule has 3 rings (SSSR count). The molecule has 1 N–H and O–H groups in total. The van der Waals surface area contributed by atoms with Crippen LogP contribution in [0.1, 0.15) is 60.9 Å². The minimum absolute atomic E-state index is 0.148. The van der Waals surface area contributed by atoms with Crippen LogP contribution >= 0.6 is 0 Å². The molecule has 21 heavy (non-hydrogen) atoms. The number of aromatic amines is 1. The Bertz CT molecular complexity index is 685. The quantitative estimate of drug-likeness (QED) is 0.818. The average Bonchev–Trinajstić information content (AvgIpc) is 2.89. The van der Waals surface area contributed by atoms with E-state index in [9.17, 15) is 4.79 Å². The summed E-state index contributed by atoms with van der Waals surface area (Å²) in [7, 11) is 0. The Labute approximate surface area is 125 Å². The van der Waals surface area contributed by atoms with Crippen LogP contribution in [0, 0.1) is 17.2 Å². The van der Waals surface area contributed by atoms with E-state index in [-0.39, 0.29) is 11.7 Å². The molecule has 2 aromatic rings. The fourth-order valence-corrected chi connectivity index (χ4v) is 3.33. The summed E-state index contributed by atoms with van der Waals surface area (Å²) in [5.41, 5.74) is 2.30. The van der Waals surface area contributed by atoms with Crippen molar-refractivity contribution in [2.24, 2.45) is 5.92 Å². The standard InChI is InChI=1S/C18H20N2O/c19-11-13-8-9-17-15(10-13)16(12-20-17)18(21)14-6-4-2-1-3-5-7-14/h8-10,12,14,20H,1-7H2. The molecule has 0 bridgehead atoms. The van der Waals surface area contributed by atoms with Crippen LogP contribution in [0.3, 0.4) is 0 Å². The Kier molecular flexibility index (Phi) is 4.06. The fourth-order valence-electron chi connectivity index (χ4n) is 3.33. The number of ketones is 1. The number of fused-ring (bicyclic) bond motifs is 1. The number of H-pyrrole nitrogens is 1. The van der Waals surface area contributed by atoms with Gasteiger partial charge in [-0.2, -0.15) is 5.26 Å². The molecule has 0 amide bonds. The van der Waals surface area contributed by atoms with Crippen molar-refractivity contribution < 1.29 is 4.79 Å². The largest absolute Gasteiger partial charge is 0.360 e. The molecule has 1 heterocycles. The van der Waals surface area contributed by atoms with Gasteiger partial charge in [0.2, 0.25) is 0 Å². The summed E-state index contributed by atoms with van der Waals surface area (Å²) >= 11 is 0. The molecule has 3 heteroatoms. The van der Waals surface area contributed by atoms with Gasteiger partial charge in [-0.3, -0.25) is 4.79 Å². The topological polar surface area (TPSA) is 56.6 Å². The molecule has 0 saturated heterocycles. The zero-order chi connectivity index (χ0) is 14.7. The molecule has 3 nitrogen and oxygen atoms in total. The maximum absolute atomic E-state index is 12.8. The number of carbonyl (C=O) groups is 1. The summed E-state index contributed by atoms with van der Waals surface area (Å²) in [6.07, 6.45) is 9.93. The second kappa shape index (κ2) is 6.13. The number of aromatic nitrogens is 1. The van der Waals surface area contributed by atoms with Crippen molar-refractivity contribution in [2.75, 3.05) is 0 Å². The Morgan fingerprint density at radius 3 is 2.57 bits per heavy atom. The van der Waals surface area contributed by atoms with Crippen molar-refractivity contribution in [3.63, 3.8) is 0 Å². The third-order valence-corrected chi connectivity index (χ3v) is 4.55. The molecule has 1 aromatic carbocycles. The summed E-state index contributed by atoms with van der Waals surface area (Å²) in [5.74, 6) is 0.397. The van der Waals surface area contributed by atoms with Gasteiger partial charge in [0.05, 0.1) is 11.6 Å². The summed E-state index contributed by atoms with van der Waals surface area (Å²) in [4.78, 5) is 16.0. The third-order valence-electron chi connectivity index (χ3n) is 4.55. The monoisotopic (exact) mass is 280 g/mol. The van der Waals surface area contributed by atoms with Crippen molar-refractivity contribution in [3.8, 4) is 6.07 Å². The second-order valence-electron chi connectivity index (χ2n) is 5.98. The zero-order valence-corrected chi connectivity index (χ0v) is 12.2. The molecular weight excluding hydrogens is 260 g/mol. The lowest BCUT2D eigenvalue weighted by atomic mass is 9.85. The lowest BCUT2D eigenvalue weighted by Gasteiger charge is -2.18. The van der Waals surface area contributed by atoms with Crippen LogP contribution in [0.15, 0.2) is 24.4 Å². The van der Waals surface area contributed by atoms with E-state index >= 15 is 0 Å². The third kappa shape index (κ3) is 2.85. The highest BCUT2D eigenvalue weighted by Crippen LogP contribution is 2.28. The zero-order valence-electron chi connectivity index (χ0n) is 12.2. The molecule has 0 atom stereocenters. The van der Waals surface area contributed by atoms with Crippen molar-refractivity contribution in [1.29, 1.82) is 5.26 Å². The van der Waals surface area contributed by atoms with Crippen molar-refractivity contribution >= 4 is 16.7 Å². The van der Waals surface area contributed by atoms with Gasteiger partial charge in [-0.05, 0) is 31.0 Å². The molecule has 1 aliphatic rings. The van der Waals surface area contributed by atoms with E-state index < -0.39 is 0 Å². The molecule has 0 unspecified atom stereocenters. The van der Waals surface area contributed by atoms with Crippen LogP contribution in [-0.4, -0.2) is 10.8 Å². The number of Topliss-reactive ketones (excluding diaryl/α,β-unsaturated/α-hetero) is 1. The Balaban J connectivity index is 1.91. The predicted octanol–water partition coefficient (Wildman–Crippen LogP) is 4.58. The SMILES string of the molecule is N#Cc1ccc2[nH]cc(C(=O)C3CCCCCCC3)c2c1. The number of hydrogen-bond donors (Lipinski definition) is 1. The van der Waals surface area contributed by atoms with Gasteiger partial charge in [0.25, 0.3) is 0 Å². The summed E-state index contributed by atoms with van der Waals surface area (Å²) in [6, 6.07) is 7.63. The first-order valence-electron chi connectivity index (χ1n) is 7.85. The smallest absolute Gasteiger partial charge is 0.168 e. The van der Waals surface area contributed by atoms with Crippen LogP contribution in [0.4, 0.5) is 0 Å². The van der Waals surface area contributed by atoms with Crippen LogP contribution in [-0.2, 0) is 0 Å². The van der Waals surface area contributed by atoms with Crippen molar-refractivity contribution in [2.45, 2.75) is 44.9 Å². The van der Waals surface area contributed by atoms with E-state index in [1.54, 1.807) is 6.07 Å². The van der Waals surface area contributed by atoms with Crippen LogP contribution in [0.2, 0.25) is 0 Å². The first-order valence-corrected chi connectivity index (χ1v) is 7.85. The molecule has 0 aliphatic heterocycles. The molecule has 1 aromatic heterocycles. The molecule has 1 fully saturated rings. The Morgan fingerprint density at radius 2 is 1.86 bits per heavy atom. The average molecular weight is 280 g/mol. The predicted molar refractivity (Wildman–Crippen MR) is 83.2 cm³/mol. The van der Waals surface area contributed by atoms with Gasteiger partial charge < -0.3 is 4.98 Å². The summed E-state index contributed by atoms with van der Waals surface area (Å²) in [5, 5.41) is 9.93. The molecule has 108 valence electrons. The maximum Gasteiger partial charge on any atom is 0.168 e. The first kappa shape index (κ1) is 13.9. The van der Waals surface area contributed by atoms with Gasteiger partial charge in [-0.25, -0.2) is 0 Å². The van der Waals surface area contributed by atoms with E-state index in [1.807, 2.05) is 18.3 Å². The number of nitrogens with zero attached hydrogens (tertiary/aromatic N) is 1. The summed E-state index contributed by atoms with van der Waals surface area (Å²) < 4.78 is 0. The molecule has 0 radical (unpaired) electrons. The normalized spacial score (nSPS) is 17.1. The maximum atomic E-state index is 12.8. The number of nitrogens with one attached hydrogen (secondary N) is 1. The van der Waals surface area contributed by atoms with E-state index in [2.05, 4.69) is 11.1 Å². The molecular formula is C18H20N2O. The fraction of sp³-hybridized carbons (Fsp3) is 0.444. The Hall–Kier alpha value is -2.08. The van der Waals surface area contributed by atoms with Gasteiger partial charge in [0.1, 0.15) is 0 Å².